The summed E-state index contributed by atoms with van der Waals surface area (Å²) in [6, 6.07) is 8.13. The molecule has 0 aliphatic heterocycles. The topological polar surface area (TPSA) is 110 Å². The Hall–Kier alpha value is -1.46. The van der Waals surface area contributed by atoms with Gasteiger partial charge >= 0.3 is 0 Å². The summed E-state index contributed by atoms with van der Waals surface area (Å²) in [6.07, 6.45) is 0. The third-order valence-corrected chi connectivity index (χ3v) is 3.75. The van der Waals surface area contributed by atoms with Crippen LogP contribution < -0.4 is 4.72 Å². The second kappa shape index (κ2) is 6.12. The lowest BCUT2D eigenvalue weighted by Crippen LogP contribution is -2.43. The number of hydrogen-bond acceptors (Lipinski definition) is 5. The fourth-order valence-corrected chi connectivity index (χ4v) is 2.53. The van der Waals surface area contributed by atoms with Gasteiger partial charge in [-0.25, -0.2) is 13.1 Å². The Morgan fingerprint density at radius 3 is 2.42 bits per heavy atom. The zero-order valence-electron chi connectivity index (χ0n) is 10.5. The van der Waals surface area contributed by atoms with E-state index in [4.69, 9.17) is 10.4 Å². The number of nitrogens with one attached hydrogen (secondary N) is 1. The van der Waals surface area contributed by atoms with Crippen molar-refractivity contribution in [1.29, 1.82) is 5.26 Å². The van der Waals surface area contributed by atoms with E-state index in [-0.39, 0.29) is 12.3 Å². The lowest BCUT2D eigenvalue weighted by Gasteiger charge is -2.20. The van der Waals surface area contributed by atoms with E-state index in [0.29, 0.717) is 11.1 Å². The predicted octanol–water partition coefficient (Wildman–Crippen LogP) is -0.279. The van der Waals surface area contributed by atoms with Crippen LogP contribution in [-0.2, 0) is 15.8 Å². The molecule has 0 saturated heterocycles. The molecule has 7 heteroatoms. The van der Waals surface area contributed by atoms with Crippen LogP contribution in [0.2, 0.25) is 0 Å². The minimum absolute atomic E-state index is 0.250. The van der Waals surface area contributed by atoms with Crippen molar-refractivity contribution in [2.75, 3.05) is 13.2 Å². The summed E-state index contributed by atoms with van der Waals surface area (Å²) in [7, 11) is -3.60. The highest BCUT2D eigenvalue weighted by Crippen LogP contribution is 2.08. The van der Waals surface area contributed by atoms with Crippen molar-refractivity contribution in [2.45, 2.75) is 18.3 Å². The zero-order chi connectivity index (χ0) is 14.5. The average Bonchev–Trinajstić information content (AvgIpc) is 2.37. The van der Waals surface area contributed by atoms with Crippen LogP contribution in [0.4, 0.5) is 0 Å². The molecule has 0 fully saturated rings. The first-order valence-electron chi connectivity index (χ1n) is 5.58. The van der Waals surface area contributed by atoms with E-state index in [9.17, 15) is 13.5 Å². The standard InChI is InChI=1S/C12H16N2O4S/c1-12(16,9-15)8-14-19(17,18)7-11-4-2-10(6-13)3-5-11/h2-5,14-16H,7-9H2,1H3. The van der Waals surface area contributed by atoms with E-state index in [1.165, 1.54) is 19.1 Å². The number of rotatable bonds is 6. The molecule has 1 rings (SSSR count). The number of hydrogen-bond donors (Lipinski definition) is 3. The molecular formula is C12H16N2O4S. The lowest BCUT2D eigenvalue weighted by atomic mass is 10.1. The zero-order valence-corrected chi connectivity index (χ0v) is 11.3. The second-order valence-electron chi connectivity index (χ2n) is 4.54. The van der Waals surface area contributed by atoms with Gasteiger partial charge in [0.15, 0.2) is 0 Å². The van der Waals surface area contributed by atoms with Crippen LogP contribution >= 0.6 is 0 Å². The van der Waals surface area contributed by atoms with Crippen LogP contribution in [0, 0.1) is 11.3 Å². The molecule has 19 heavy (non-hydrogen) atoms. The van der Waals surface area contributed by atoms with Crippen LogP contribution in [0.3, 0.4) is 0 Å². The molecule has 0 aromatic heterocycles. The van der Waals surface area contributed by atoms with Gasteiger partial charge in [0.2, 0.25) is 10.0 Å². The number of nitriles is 1. The van der Waals surface area contributed by atoms with Crippen molar-refractivity contribution >= 4 is 10.0 Å². The molecule has 3 N–H and O–H groups in total. The van der Waals surface area contributed by atoms with E-state index in [1.807, 2.05) is 6.07 Å². The molecule has 1 aromatic rings. The van der Waals surface area contributed by atoms with E-state index in [2.05, 4.69) is 4.72 Å². The molecule has 104 valence electrons. The van der Waals surface area contributed by atoms with Crippen molar-refractivity contribution in [1.82, 2.24) is 4.72 Å². The van der Waals surface area contributed by atoms with Crippen molar-refractivity contribution in [2.24, 2.45) is 0 Å². The Bertz CT molecular complexity index is 558. The van der Waals surface area contributed by atoms with Gasteiger partial charge in [0.25, 0.3) is 0 Å². The summed E-state index contributed by atoms with van der Waals surface area (Å²) in [5, 5.41) is 27.0. The molecule has 1 atom stereocenters. The third-order valence-electron chi connectivity index (χ3n) is 2.45. The van der Waals surface area contributed by atoms with Gasteiger partial charge in [0, 0.05) is 6.54 Å². The molecule has 0 aliphatic rings. The SMILES string of the molecule is CC(O)(CO)CNS(=O)(=O)Cc1ccc(C#N)cc1. The maximum absolute atomic E-state index is 11.7. The second-order valence-corrected chi connectivity index (χ2v) is 6.35. The van der Waals surface area contributed by atoms with Crippen LogP contribution in [0.5, 0.6) is 0 Å². The van der Waals surface area contributed by atoms with Gasteiger partial charge in [-0.15, -0.1) is 0 Å². The maximum atomic E-state index is 11.7. The molecule has 6 nitrogen and oxygen atoms in total. The molecule has 0 spiro atoms. The highest BCUT2D eigenvalue weighted by molar-refractivity contribution is 7.88. The van der Waals surface area contributed by atoms with Crippen LogP contribution in [-0.4, -0.2) is 37.4 Å². The smallest absolute Gasteiger partial charge is 0.215 e. The number of benzene rings is 1. The van der Waals surface area contributed by atoms with Gasteiger partial charge in [-0.2, -0.15) is 5.26 Å². The van der Waals surface area contributed by atoms with Crippen molar-refractivity contribution in [3.05, 3.63) is 35.4 Å². The van der Waals surface area contributed by atoms with Crippen LogP contribution in [0.15, 0.2) is 24.3 Å². The van der Waals surface area contributed by atoms with Gasteiger partial charge < -0.3 is 10.2 Å². The van der Waals surface area contributed by atoms with Crippen LogP contribution in [0.25, 0.3) is 0 Å². The minimum Gasteiger partial charge on any atom is -0.393 e. The predicted molar refractivity (Wildman–Crippen MR) is 69.5 cm³/mol. The number of aliphatic hydroxyl groups excluding tert-OH is 1. The normalized spacial score (nSPS) is 14.6. The van der Waals surface area contributed by atoms with Gasteiger partial charge in [-0.1, -0.05) is 12.1 Å². The van der Waals surface area contributed by atoms with Gasteiger partial charge in [-0.3, -0.25) is 0 Å². The fraction of sp³-hybridized carbons (Fsp3) is 0.417. The molecule has 0 aliphatic carbocycles. The summed E-state index contributed by atoms with van der Waals surface area (Å²) < 4.78 is 25.7. The van der Waals surface area contributed by atoms with Gasteiger partial charge in [0.05, 0.1) is 29.6 Å². The summed E-state index contributed by atoms with van der Waals surface area (Å²) in [5.41, 5.74) is -0.495. The van der Waals surface area contributed by atoms with Gasteiger partial charge in [0.1, 0.15) is 0 Å². The third kappa shape index (κ3) is 5.36. The van der Waals surface area contributed by atoms with E-state index >= 15 is 0 Å². The summed E-state index contributed by atoms with van der Waals surface area (Å²) in [4.78, 5) is 0. The van der Waals surface area contributed by atoms with Crippen molar-refractivity contribution in [3.8, 4) is 6.07 Å². The van der Waals surface area contributed by atoms with Crippen molar-refractivity contribution < 1.29 is 18.6 Å². The molecule has 0 bridgehead atoms. The van der Waals surface area contributed by atoms with E-state index in [0.717, 1.165) is 0 Å². The first-order chi connectivity index (χ1) is 8.78. The molecule has 0 saturated carbocycles. The Balaban J connectivity index is 2.66. The van der Waals surface area contributed by atoms with Gasteiger partial charge in [-0.05, 0) is 24.6 Å². The summed E-state index contributed by atoms with van der Waals surface area (Å²) in [6.45, 7) is 0.533. The molecule has 0 amide bonds. The monoisotopic (exact) mass is 284 g/mol. The molecule has 1 unspecified atom stereocenters. The van der Waals surface area contributed by atoms with Crippen LogP contribution in [0.1, 0.15) is 18.1 Å². The highest BCUT2D eigenvalue weighted by Gasteiger charge is 2.22. The highest BCUT2D eigenvalue weighted by atomic mass is 32.2. The van der Waals surface area contributed by atoms with E-state index < -0.39 is 22.2 Å². The Morgan fingerprint density at radius 1 is 1.37 bits per heavy atom. The quantitative estimate of drug-likeness (QED) is 0.665. The number of nitrogens with zero attached hydrogens (tertiary/aromatic N) is 1. The first kappa shape index (κ1) is 15.6. The van der Waals surface area contributed by atoms with E-state index in [1.54, 1.807) is 12.1 Å². The molecule has 0 radical (unpaired) electrons. The van der Waals surface area contributed by atoms with Crippen molar-refractivity contribution in [3.63, 3.8) is 0 Å². The lowest BCUT2D eigenvalue weighted by molar-refractivity contribution is 0.00680. The Labute approximate surface area is 112 Å². The minimum atomic E-state index is -3.60. The maximum Gasteiger partial charge on any atom is 0.215 e. The molecular weight excluding hydrogens is 268 g/mol. The Kier molecular flexibility index (Phi) is 5.03. The molecule has 0 heterocycles. The number of sulfonamides is 1. The molecule has 1 aromatic carbocycles. The number of aliphatic hydroxyl groups is 2. The fourth-order valence-electron chi connectivity index (χ4n) is 1.27. The summed E-state index contributed by atoms with van der Waals surface area (Å²) >= 11 is 0. The Morgan fingerprint density at radius 2 is 1.95 bits per heavy atom. The largest absolute Gasteiger partial charge is 0.393 e. The average molecular weight is 284 g/mol. The first-order valence-corrected chi connectivity index (χ1v) is 7.23. The summed E-state index contributed by atoms with van der Waals surface area (Å²) in [5.74, 6) is -0.250.